The molecule has 1 N–H and O–H groups in total. The summed E-state index contributed by atoms with van der Waals surface area (Å²) in [6.07, 6.45) is 17.2. The second-order valence-electron chi connectivity index (χ2n) is 9.51. The van der Waals surface area contributed by atoms with E-state index < -0.39 is 10.4 Å². The molecule has 31 heavy (non-hydrogen) atoms. The maximum absolute atomic E-state index is 11.0. The summed E-state index contributed by atoms with van der Waals surface area (Å²) in [5.74, 6) is 0.793. The van der Waals surface area contributed by atoms with E-state index in [4.69, 9.17) is 8.97 Å². The van der Waals surface area contributed by atoms with Gasteiger partial charge in [0.25, 0.3) is 0 Å². The fraction of sp³-hybridized carbons (Fsp3) is 0.680. The van der Waals surface area contributed by atoms with Crippen molar-refractivity contribution < 1.29 is 21.6 Å². The molecule has 0 saturated carbocycles. The molecule has 1 aliphatic rings. The highest BCUT2D eigenvalue weighted by molar-refractivity contribution is 7.80. The van der Waals surface area contributed by atoms with Gasteiger partial charge in [-0.25, -0.2) is 4.18 Å². The quantitative estimate of drug-likeness (QED) is 0.259. The van der Waals surface area contributed by atoms with Crippen LogP contribution in [0.25, 0.3) is 0 Å². The summed E-state index contributed by atoms with van der Waals surface area (Å²) in [5, 5.41) is 0. The maximum atomic E-state index is 11.0. The van der Waals surface area contributed by atoms with Crippen LogP contribution in [0.5, 0.6) is 0 Å². The van der Waals surface area contributed by atoms with Crippen LogP contribution in [0.1, 0.15) is 84.6 Å². The molecule has 0 saturated heterocycles. The van der Waals surface area contributed by atoms with Crippen molar-refractivity contribution in [2.75, 3.05) is 6.61 Å². The third kappa shape index (κ3) is 8.95. The van der Waals surface area contributed by atoms with Gasteiger partial charge in [0.2, 0.25) is 0 Å². The fourth-order valence-corrected chi connectivity index (χ4v) is 4.95. The second-order valence-corrected chi connectivity index (χ2v) is 10.6. The summed E-state index contributed by atoms with van der Waals surface area (Å²) in [5.41, 5.74) is 4.34. The van der Waals surface area contributed by atoms with E-state index in [1.54, 1.807) is 12.5 Å². The van der Waals surface area contributed by atoms with E-state index in [0.717, 1.165) is 44.1 Å². The van der Waals surface area contributed by atoms with Gasteiger partial charge in [-0.15, -0.1) is 0 Å². The first-order valence-corrected chi connectivity index (χ1v) is 12.9. The van der Waals surface area contributed by atoms with Crippen molar-refractivity contribution in [1.29, 1.82) is 0 Å². The highest BCUT2D eigenvalue weighted by Gasteiger charge is 2.34. The van der Waals surface area contributed by atoms with Crippen molar-refractivity contribution in [2.45, 2.75) is 85.5 Å². The minimum Gasteiger partial charge on any atom is -0.472 e. The topological polar surface area (TPSA) is 76.7 Å². The molecule has 1 aromatic rings. The molecule has 1 aliphatic carbocycles. The van der Waals surface area contributed by atoms with Gasteiger partial charge in [-0.1, -0.05) is 37.1 Å². The van der Waals surface area contributed by atoms with E-state index in [0.29, 0.717) is 5.92 Å². The van der Waals surface area contributed by atoms with Crippen molar-refractivity contribution in [3.63, 3.8) is 0 Å². The van der Waals surface area contributed by atoms with E-state index in [1.165, 1.54) is 30.4 Å². The summed E-state index contributed by atoms with van der Waals surface area (Å²) in [6, 6.07) is 1.94. The number of allylic oxidation sites excluding steroid dienone is 4. The standard InChI is InChI=1S/C25H40O5S/c1-20(14-16-25(4)21(2)9-6-10-22(25)3)8-5-11-23(19-30-31(26,27)28)12-7-13-24-15-17-29-18-24/h8-9,15,17-18,22-23H,5-7,10-14,16,19H2,1-4H3,(H,26,27,28)/b20-8+/t22-,23?,25?/m1/s1. The molecule has 0 aromatic carbocycles. The van der Waals surface area contributed by atoms with Gasteiger partial charge in [0.05, 0.1) is 19.1 Å². The lowest BCUT2D eigenvalue weighted by molar-refractivity contribution is 0.208. The van der Waals surface area contributed by atoms with Crippen molar-refractivity contribution in [3.8, 4) is 0 Å². The van der Waals surface area contributed by atoms with Crippen molar-refractivity contribution in [1.82, 2.24) is 0 Å². The lowest BCUT2D eigenvalue weighted by atomic mass is 9.65. The summed E-state index contributed by atoms with van der Waals surface area (Å²) in [6.45, 7) is 9.27. The molecule has 2 unspecified atom stereocenters. The van der Waals surface area contributed by atoms with Gasteiger partial charge in [0.1, 0.15) is 0 Å². The largest absolute Gasteiger partial charge is 0.472 e. The molecule has 1 heterocycles. The average molecular weight is 453 g/mol. The van der Waals surface area contributed by atoms with Gasteiger partial charge in [0, 0.05) is 0 Å². The van der Waals surface area contributed by atoms with Gasteiger partial charge < -0.3 is 4.42 Å². The van der Waals surface area contributed by atoms with Crippen LogP contribution in [0, 0.1) is 17.3 Å². The number of rotatable bonds is 13. The third-order valence-corrected chi connectivity index (χ3v) is 7.69. The Labute approximate surface area is 188 Å². The predicted octanol–water partition coefficient (Wildman–Crippen LogP) is 6.93. The molecule has 0 radical (unpaired) electrons. The van der Waals surface area contributed by atoms with Gasteiger partial charge >= 0.3 is 10.4 Å². The van der Waals surface area contributed by atoms with Crippen molar-refractivity contribution >= 4 is 10.4 Å². The Hall–Kier alpha value is -1.37. The molecule has 0 spiro atoms. The molecular weight excluding hydrogens is 412 g/mol. The molecule has 3 atom stereocenters. The van der Waals surface area contributed by atoms with Gasteiger partial charge in [-0.05, 0) is 101 Å². The molecule has 2 rings (SSSR count). The Morgan fingerprint density at radius 3 is 2.84 bits per heavy atom. The monoisotopic (exact) mass is 452 g/mol. The predicted molar refractivity (Wildman–Crippen MR) is 125 cm³/mol. The lowest BCUT2D eigenvalue weighted by Crippen LogP contribution is -2.29. The minimum atomic E-state index is -4.40. The molecule has 0 aliphatic heterocycles. The van der Waals surface area contributed by atoms with Crippen LogP contribution in [0.3, 0.4) is 0 Å². The van der Waals surface area contributed by atoms with E-state index in [9.17, 15) is 8.42 Å². The van der Waals surface area contributed by atoms with E-state index in [1.807, 2.05) is 6.07 Å². The Bertz CT molecular complexity index is 822. The summed E-state index contributed by atoms with van der Waals surface area (Å²) in [4.78, 5) is 0. The highest BCUT2D eigenvalue weighted by Crippen LogP contribution is 2.45. The summed E-state index contributed by atoms with van der Waals surface area (Å²) < 4.78 is 40.7. The Morgan fingerprint density at radius 1 is 1.42 bits per heavy atom. The lowest BCUT2D eigenvalue weighted by Gasteiger charge is -2.40. The van der Waals surface area contributed by atoms with Crippen LogP contribution in [0.2, 0.25) is 0 Å². The van der Waals surface area contributed by atoms with Gasteiger partial charge in [0.15, 0.2) is 0 Å². The zero-order valence-corrected chi connectivity index (χ0v) is 20.4. The van der Waals surface area contributed by atoms with Crippen LogP contribution in [0.15, 0.2) is 46.3 Å². The summed E-state index contributed by atoms with van der Waals surface area (Å²) in [7, 11) is -4.40. The first-order chi connectivity index (χ1) is 14.6. The van der Waals surface area contributed by atoms with Crippen LogP contribution in [-0.2, 0) is 21.0 Å². The molecule has 176 valence electrons. The Kier molecular flexibility index (Phi) is 10.0. The molecule has 0 fully saturated rings. The average Bonchev–Trinajstić information content (AvgIpc) is 3.21. The number of furan rings is 1. The summed E-state index contributed by atoms with van der Waals surface area (Å²) >= 11 is 0. The second kappa shape index (κ2) is 12.0. The maximum Gasteiger partial charge on any atom is 0.397 e. The number of hydrogen-bond acceptors (Lipinski definition) is 4. The normalized spacial score (nSPS) is 23.6. The van der Waals surface area contributed by atoms with Crippen LogP contribution in [-0.4, -0.2) is 19.6 Å². The fourth-order valence-electron chi connectivity index (χ4n) is 4.58. The van der Waals surface area contributed by atoms with Crippen molar-refractivity contribution in [2.24, 2.45) is 17.3 Å². The first-order valence-electron chi connectivity index (χ1n) is 11.6. The Morgan fingerprint density at radius 2 is 2.19 bits per heavy atom. The first kappa shape index (κ1) is 25.9. The van der Waals surface area contributed by atoms with E-state index in [2.05, 4.69) is 44.0 Å². The molecule has 5 nitrogen and oxygen atoms in total. The Balaban J connectivity index is 1.83. The smallest absolute Gasteiger partial charge is 0.397 e. The zero-order valence-electron chi connectivity index (χ0n) is 19.6. The number of hydrogen-bond donors (Lipinski definition) is 1. The number of aryl methyl sites for hydroxylation is 1. The molecular formula is C25H40O5S. The van der Waals surface area contributed by atoms with Gasteiger partial charge in [-0.3, -0.25) is 4.55 Å². The van der Waals surface area contributed by atoms with E-state index in [-0.39, 0.29) is 17.9 Å². The highest BCUT2D eigenvalue weighted by atomic mass is 32.3. The van der Waals surface area contributed by atoms with Crippen molar-refractivity contribution in [3.05, 3.63) is 47.5 Å². The molecule has 1 aromatic heterocycles. The van der Waals surface area contributed by atoms with E-state index >= 15 is 0 Å². The zero-order chi connectivity index (χ0) is 22.9. The molecule has 0 bridgehead atoms. The van der Waals surface area contributed by atoms with Crippen LogP contribution in [0.4, 0.5) is 0 Å². The van der Waals surface area contributed by atoms with Crippen LogP contribution >= 0.6 is 0 Å². The van der Waals surface area contributed by atoms with Crippen LogP contribution < -0.4 is 0 Å². The van der Waals surface area contributed by atoms with Gasteiger partial charge in [-0.2, -0.15) is 8.42 Å². The third-order valence-electron chi connectivity index (χ3n) is 7.26. The molecule has 0 amide bonds. The SMILES string of the molecule is CC1=CCC[C@@H](C)C1(C)CC/C(C)=C/CCC(CCCc1ccoc1)COS(=O)(=O)O. The minimum absolute atomic E-state index is 0.0245. The molecule has 6 heteroatoms.